The van der Waals surface area contributed by atoms with Crippen LogP contribution in [0.5, 0.6) is 0 Å². The number of nitrogens with two attached hydrogens (primary N) is 1. The summed E-state index contributed by atoms with van der Waals surface area (Å²) in [6.07, 6.45) is 10.8. The smallest absolute Gasteiger partial charge is 0.0723 e. The van der Waals surface area contributed by atoms with Crippen LogP contribution in [0, 0.1) is 0 Å². The number of aliphatic hydroxyl groups is 1. The van der Waals surface area contributed by atoms with Crippen LogP contribution < -0.4 is 5.73 Å². The Morgan fingerprint density at radius 2 is 2.12 bits per heavy atom. The molecule has 0 spiro atoms. The van der Waals surface area contributed by atoms with Crippen LogP contribution >= 0.6 is 0 Å². The zero-order chi connectivity index (χ0) is 17.0. The van der Waals surface area contributed by atoms with Crippen molar-refractivity contribution >= 4 is 0 Å². The Morgan fingerprint density at radius 1 is 1.25 bits per heavy atom. The number of unbranched alkanes of at least 4 members (excludes halogenated alkanes) is 3. The SMILES string of the molecule is CCCCCC[C@@H]1Cc2ccc([C@H]3CC[C@](N)(CO)C3)cc2CO1. The summed E-state index contributed by atoms with van der Waals surface area (Å²) < 4.78 is 6.10. The van der Waals surface area contributed by atoms with Gasteiger partial charge in [-0.25, -0.2) is 0 Å². The molecule has 0 saturated heterocycles. The number of hydrogen-bond acceptors (Lipinski definition) is 3. The van der Waals surface area contributed by atoms with E-state index in [2.05, 4.69) is 25.1 Å². The molecular formula is C21H33NO2. The molecule has 1 aliphatic carbocycles. The highest BCUT2D eigenvalue weighted by Gasteiger charge is 2.36. The highest BCUT2D eigenvalue weighted by Crippen LogP contribution is 2.40. The number of ether oxygens (including phenoxy) is 1. The Morgan fingerprint density at radius 3 is 2.88 bits per heavy atom. The molecule has 0 unspecified atom stereocenters. The Hall–Kier alpha value is -0.900. The predicted molar refractivity (Wildman–Crippen MR) is 98.1 cm³/mol. The minimum Gasteiger partial charge on any atom is -0.394 e. The minimum atomic E-state index is -0.374. The zero-order valence-corrected chi connectivity index (χ0v) is 15.1. The summed E-state index contributed by atoms with van der Waals surface area (Å²) in [6.45, 7) is 3.10. The maximum atomic E-state index is 9.47. The number of fused-ring (bicyclic) bond motifs is 1. The van der Waals surface area contributed by atoms with E-state index in [1.807, 2.05) is 0 Å². The third kappa shape index (κ3) is 4.19. The molecule has 2 aliphatic rings. The summed E-state index contributed by atoms with van der Waals surface area (Å²) in [4.78, 5) is 0. The van der Waals surface area contributed by atoms with Crippen LogP contribution in [0.15, 0.2) is 18.2 Å². The van der Waals surface area contributed by atoms with E-state index in [1.165, 1.54) is 48.8 Å². The van der Waals surface area contributed by atoms with Crippen molar-refractivity contribution in [2.45, 2.75) is 88.9 Å². The summed E-state index contributed by atoms with van der Waals surface area (Å²) in [5.41, 5.74) is 10.1. The molecule has 1 fully saturated rings. The summed E-state index contributed by atoms with van der Waals surface area (Å²) in [5.74, 6) is 0.485. The maximum absolute atomic E-state index is 9.47. The van der Waals surface area contributed by atoms with Gasteiger partial charge in [0.05, 0.1) is 19.3 Å². The van der Waals surface area contributed by atoms with Crippen molar-refractivity contribution in [2.24, 2.45) is 5.73 Å². The second-order valence-electron chi connectivity index (χ2n) is 7.97. The van der Waals surface area contributed by atoms with E-state index in [9.17, 15) is 5.11 Å². The molecule has 3 atom stereocenters. The van der Waals surface area contributed by atoms with Crippen LogP contribution in [0.4, 0.5) is 0 Å². The van der Waals surface area contributed by atoms with E-state index in [4.69, 9.17) is 10.5 Å². The van der Waals surface area contributed by atoms with Gasteiger partial charge in [-0.1, -0.05) is 50.8 Å². The molecule has 1 saturated carbocycles. The Bertz CT molecular complexity index is 545. The van der Waals surface area contributed by atoms with Crippen molar-refractivity contribution in [3.05, 3.63) is 34.9 Å². The van der Waals surface area contributed by atoms with Crippen molar-refractivity contribution in [2.75, 3.05) is 6.61 Å². The quantitative estimate of drug-likeness (QED) is 0.741. The standard InChI is InChI=1S/C21H33NO2/c1-2-3-4-5-6-20-12-17-8-7-16(11-19(17)14-24-20)18-9-10-21(22,13-18)15-23/h7-8,11,18,20,23H,2-6,9-10,12-15,22H2,1H3/t18-,20+,21+/m0/s1. The van der Waals surface area contributed by atoms with E-state index < -0.39 is 0 Å². The van der Waals surface area contributed by atoms with Crippen molar-refractivity contribution in [3.8, 4) is 0 Å². The van der Waals surface area contributed by atoms with E-state index in [1.54, 1.807) is 0 Å². The van der Waals surface area contributed by atoms with Gasteiger partial charge in [-0.15, -0.1) is 0 Å². The Kier molecular flexibility index (Phi) is 5.96. The van der Waals surface area contributed by atoms with Gasteiger partial charge in [0.1, 0.15) is 0 Å². The van der Waals surface area contributed by atoms with Gasteiger partial charge in [0.2, 0.25) is 0 Å². The fraction of sp³-hybridized carbons (Fsp3) is 0.714. The van der Waals surface area contributed by atoms with Crippen LogP contribution in [-0.4, -0.2) is 23.4 Å². The lowest BCUT2D eigenvalue weighted by Gasteiger charge is -2.27. The number of hydrogen-bond donors (Lipinski definition) is 2. The molecule has 1 aromatic carbocycles. The molecule has 1 aromatic rings. The lowest BCUT2D eigenvalue weighted by molar-refractivity contribution is 0.0216. The van der Waals surface area contributed by atoms with Gasteiger partial charge in [0.25, 0.3) is 0 Å². The van der Waals surface area contributed by atoms with Gasteiger partial charge in [0, 0.05) is 5.54 Å². The molecule has 134 valence electrons. The molecule has 1 aliphatic heterocycles. The minimum absolute atomic E-state index is 0.0945. The number of aliphatic hydroxyl groups excluding tert-OH is 1. The van der Waals surface area contributed by atoms with Gasteiger partial charge in [-0.2, -0.15) is 0 Å². The number of benzene rings is 1. The lowest BCUT2D eigenvalue weighted by atomic mass is 9.89. The molecule has 0 bridgehead atoms. The van der Waals surface area contributed by atoms with Gasteiger partial charge in [-0.3, -0.25) is 0 Å². The van der Waals surface area contributed by atoms with E-state index in [0.717, 1.165) is 32.3 Å². The normalized spacial score (nSPS) is 29.6. The average Bonchev–Trinajstić information content (AvgIpc) is 3.01. The topological polar surface area (TPSA) is 55.5 Å². The maximum Gasteiger partial charge on any atom is 0.0723 e. The molecule has 24 heavy (non-hydrogen) atoms. The van der Waals surface area contributed by atoms with Crippen molar-refractivity contribution in [3.63, 3.8) is 0 Å². The fourth-order valence-electron chi connectivity index (χ4n) is 4.31. The molecule has 0 aromatic heterocycles. The zero-order valence-electron chi connectivity index (χ0n) is 15.1. The van der Waals surface area contributed by atoms with Crippen LogP contribution in [-0.2, 0) is 17.8 Å². The summed E-state index contributed by atoms with van der Waals surface area (Å²) in [5, 5.41) is 9.47. The van der Waals surface area contributed by atoms with Crippen LogP contribution in [0.1, 0.15) is 80.9 Å². The van der Waals surface area contributed by atoms with E-state index in [0.29, 0.717) is 12.0 Å². The first-order valence-corrected chi connectivity index (χ1v) is 9.76. The van der Waals surface area contributed by atoms with Crippen molar-refractivity contribution in [1.82, 2.24) is 0 Å². The van der Waals surface area contributed by atoms with E-state index >= 15 is 0 Å². The molecule has 1 heterocycles. The fourth-order valence-corrected chi connectivity index (χ4v) is 4.31. The molecule has 3 heteroatoms. The molecular weight excluding hydrogens is 298 g/mol. The largest absolute Gasteiger partial charge is 0.394 e. The molecule has 0 amide bonds. The molecule has 3 rings (SSSR count). The first-order chi connectivity index (χ1) is 11.6. The first kappa shape index (κ1) is 17.9. The van der Waals surface area contributed by atoms with Crippen molar-refractivity contribution in [1.29, 1.82) is 0 Å². The second kappa shape index (κ2) is 7.99. The predicted octanol–water partition coefficient (Wildman–Crippen LogP) is 4.06. The van der Waals surface area contributed by atoms with Crippen LogP contribution in [0.3, 0.4) is 0 Å². The third-order valence-electron chi connectivity index (χ3n) is 5.96. The van der Waals surface area contributed by atoms with Crippen LogP contribution in [0.25, 0.3) is 0 Å². The summed E-state index contributed by atoms with van der Waals surface area (Å²) >= 11 is 0. The van der Waals surface area contributed by atoms with E-state index in [-0.39, 0.29) is 12.1 Å². The third-order valence-corrected chi connectivity index (χ3v) is 5.96. The number of rotatable bonds is 7. The van der Waals surface area contributed by atoms with Gasteiger partial charge < -0.3 is 15.6 Å². The lowest BCUT2D eigenvalue weighted by Crippen LogP contribution is -2.40. The average molecular weight is 332 g/mol. The molecule has 0 radical (unpaired) electrons. The van der Waals surface area contributed by atoms with Crippen LogP contribution in [0.2, 0.25) is 0 Å². The summed E-state index contributed by atoms with van der Waals surface area (Å²) in [7, 11) is 0. The van der Waals surface area contributed by atoms with Gasteiger partial charge in [-0.05, 0) is 54.7 Å². The second-order valence-corrected chi connectivity index (χ2v) is 7.97. The Labute approximate surface area is 146 Å². The molecule has 3 nitrogen and oxygen atoms in total. The monoisotopic (exact) mass is 331 g/mol. The highest BCUT2D eigenvalue weighted by molar-refractivity contribution is 5.36. The van der Waals surface area contributed by atoms with Gasteiger partial charge in [0.15, 0.2) is 0 Å². The highest BCUT2D eigenvalue weighted by atomic mass is 16.5. The van der Waals surface area contributed by atoms with Gasteiger partial charge >= 0.3 is 0 Å². The Balaban J connectivity index is 1.58. The first-order valence-electron chi connectivity index (χ1n) is 9.76. The summed E-state index contributed by atoms with van der Waals surface area (Å²) in [6, 6.07) is 6.92. The van der Waals surface area contributed by atoms with Crippen molar-refractivity contribution < 1.29 is 9.84 Å². The molecule has 3 N–H and O–H groups in total.